The lowest BCUT2D eigenvalue weighted by Crippen LogP contribution is -2.65. The van der Waals surface area contributed by atoms with Crippen molar-refractivity contribution in [2.75, 3.05) is 19.6 Å². The van der Waals surface area contributed by atoms with Crippen molar-refractivity contribution in [1.82, 2.24) is 0 Å². The highest BCUT2D eigenvalue weighted by Gasteiger charge is 2.49. The van der Waals surface area contributed by atoms with Gasteiger partial charge in [0.05, 0.1) is 0 Å². The Morgan fingerprint density at radius 1 is 0.283 bits per heavy atom. The van der Waals surface area contributed by atoms with Crippen LogP contribution < -0.4 is 62.8 Å². The number of nitrogens with zero attached hydrogens (tertiary/aromatic N) is 4. The highest BCUT2D eigenvalue weighted by molar-refractivity contribution is 7.03. The van der Waals surface area contributed by atoms with E-state index in [1.165, 1.54) is 143 Å². The maximum Gasteiger partial charge on any atom is 0.252 e. The molecule has 0 saturated heterocycles. The first-order valence-electron chi connectivity index (χ1n) is 32.9. The van der Waals surface area contributed by atoms with Crippen molar-refractivity contribution in [3.63, 3.8) is 0 Å². The van der Waals surface area contributed by atoms with Gasteiger partial charge in [0.1, 0.15) is 0 Å². The molecule has 12 aromatic carbocycles. The minimum Gasteiger partial charge on any atom is -0.311 e. The Morgan fingerprint density at radius 2 is 0.674 bits per heavy atom. The second-order valence-corrected chi connectivity index (χ2v) is 28.3. The standard InChI is InChI=1S/C86H66B2N4/c1-85(2,3)53-45-79-83-80(46-53)90(56-27-11-8-12-28-56)77-52-78-74(51-73(77)87(83)71-37-21-23-39-75(71)89(79)55-25-9-7-10-26-55)88-72-38-22-24-40-76(72)91(57-41-43-67-63-33-15-13-29-59(63)61-31-17-19-35-65(61)69(67)49-57)81-47-54(86(4,5)6)48-82(84(81)88)92(78)58-42-44-68-64-34-16-14-30-60(64)62-32-18-20-36-66(62)70(68)50-58/h7-52,59,61H,1-6H3. The van der Waals surface area contributed by atoms with Crippen molar-refractivity contribution < 1.29 is 0 Å². The van der Waals surface area contributed by atoms with E-state index in [0.29, 0.717) is 5.92 Å². The van der Waals surface area contributed by atoms with Gasteiger partial charge in [-0.05, 0) is 200 Å². The van der Waals surface area contributed by atoms with E-state index in [2.05, 4.69) is 340 Å². The minimum absolute atomic E-state index is 0.0915. The molecule has 2 atom stereocenters. The van der Waals surface area contributed by atoms with Crippen molar-refractivity contribution in [1.29, 1.82) is 0 Å². The molecule has 4 nitrogen and oxygen atoms in total. The van der Waals surface area contributed by atoms with Gasteiger partial charge in [-0.3, -0.25) is 0 Å². The zero-order chi connectivity index (χ0) is 61.5. The number of hydrogen-bond acceptors (Lipinski definition) is 4. The molecule has 19 rings (SSSR count). The average molecular weight is 1180 g/mol. The van der Waals surface area contributed by atoms with Crippen LogP contribution in [0.15, 0.2) is 279 Å². The Kier molecular flexibility index (Phi) is 11.3. The average Bonchev–Trinajstić information content (AvgIpc) is 0.690. The van der Waals surface area contributed by atoms with Crippen LogP contribution in [0.3, 0.4) is 0 Å². The Bertz CT molecular complexity index is 5450. The molecule has 0 saturated carbocycles. The van der Waals surface area contributed by atoms with Crippen molar-refractivity contribution in [2.45, 2.75) is 52.4 Å². The van der Waals surface area contributed by atoms with Crippen molar-refractivity contribution in [3.8, 4) is 0 Å². The van der Waals surface area contributed by atoms with Gasteiger partial charge in [0.15, 0.2) is 0 Å². The molecule has 3 aliphatic carbocycles. The molecule has 6 heteroatoms. The van der Waals surface area contributed by atoms with Crippen LogP contribution in [0.25, 0.3) is 43.5 Å². The smallest absolute Gasteiger partial charge is 0.252 e. The molecule has 4 aliphatic heterocycles. The molecule has 0 aromatic heterocycles. The van der Waals surface area contributed by atoms with Crippen LogP contribution in [-0.4, -0.2) is 13.4 Å². The quantitative estimate of drug-likeness (QED) is 0.129. The summed E-state index contributed by atoms with van der Waals surface area (Å²) in [5.41, 5.74) is 27.1. The van der Waals surface area contributed by atoms with Gasteiger partial charge in [-0.2, -0.15) is 0 Å². The van der Waals surface area contributed by atoms with Crippen LogP contribution >= 0.6 is 0 Å². The van der Waals surface area contributed by atoms with Gasteiger partial charge >= 0.3 is 0 Å². The molecule has 2 unspecified atom stereocenters. The molecule has 436 valence electrons. The fraction of sp³-hybridized carbons (Fsp3) is 0.116. The van der Waals surface area contributed by atoms with E-state index < -0.39 is 0 Å². The number of allylic oxidation sites excluding steroid dienone is 8. The Morgan fingerprint density at radius 3 is 1.17 bits per heavy atom. The summed E-state index contributed by atoms with van der Waals surface area (Å²) in [6, 6.07) is 89.0. The van der Waals surface area contributed by atoms with Crippen LogP contribution in [0.1, 0.15) is 52.7 Å². The largest absolute Gasteiger partial charge is 0.311 e. The summed E-state index contributed by atoms with van der Waals surface area (Å²) in [5.74, 6) is 0.566. The van der Waals surface area contributed by atoms with Gasteiger partial charge < -0.3 is 19.6 Å². The Hall–Kier alpha value is -10.6. The van der Waals surface area contributed by atoms with Crippen molar-refractivity contribution in [2.24, 2.45) is 11.8 Å². The molecule has 0 fully saturated rings. The molecule has 0 spiro atoms. The molecular weight excluding hydrogens is 1110 g/mol. The predicted molar refractivity (Wildman–Crippen MR) is 394 cm³/mol. The summed E-state index contributed by atoms with van der Waals surface area (Å²) in [6.45, 7) is 14.0. The zero-order valence-electron chi connectivity index (χ0n) is 52.7. The number of rotatable bonds is 4. The van der Waals surface area contributed by atoms with E-state index in [4.69, 9.17) is 0 Å². The first-order valence-corrected chi connectivity index (χ1v) is 32.9. The summed E-state index contributed by atoms with van der Waals surface area (Å²) < 4.78 is 0. The second-order valence-electron chi connectivity index (χ2n) is 28.3. The SMILES string of the molecule is CC(C)(C)c1cc2c3c(c1)N(c1ccccc1)c1cc4c(cc1B3c1ccccc1N2c1ccccc1)B1c2ccccc2N(c2ccc3c(c2)=C2C=CC=CC2C2C=CC=CC=32)c2cc(C(C)(C)C)cc(c21)N4c1ccc2c3ccccc3c3ccccc3c2c1. The first kappa shape index (κ1) is 53.3. The van der Waals surface area contributed by atoms with Gasteiger partial charge in [0.25, 0.3) is 13.4 Å². The van der Waals surface area contributed by atoms with Crippen molar-refractivity contribution in [3.05, 3.63) is 301 Å². The fourth-order valence-electron chi connectivity index (χ4n) is 17.0. The molecule has 0 amide bonds. The third-order valence-electron chi connectivity index (χ3n) is 21.2. The number of fused-ring (bicyclic) bond motifs is 18. The zero-order valence-corrected chi connectivity index (χ0v) is 52.7. The molecule has 12 aromatic rings. The van der Waals surface area contributed by atoms with Crippen molar-refractivity contribution >= 4 is 158 Å². The molecule has 92 heavy (non-hydrogen) atoms. The summed E-state index contributed by atoms with van der Waals surface area (Å²) in [6.07, 6.45) is 18.5. The molecule has 7 aliphatic rings. The number of para-hydroxylation sites is 4. The number of hydrogen-bond donors (Lipinski definition) is 0. The first-order chi connectivity index (χ1) is 44.9. The molecule has 0 bridgehead atoms. The van der Waals surface area contributed by atoms with Crippen LogP contribution in [0.5, 0.6) is 0 Å². The van der Waals surface area contributed by atoms with Crippen LogP contribution in [-0.2, 0) is 10.8 Å². The molecule has 4 heterocycles. The Labute approximate surface area is 539 Å². The van der Waals surface area contributed by atoms with E-state index in [-0.39, 0.29) is 30.2 Å². The second kappa shape index (κ2) is 19.5. The molecular formula is C86H66B2N4. The van der Waals surface area contributed by atoms with E-state index in [1.807, 2.05) is 0 Å². The molecule has 0 N–H and O–H groups in total. The lowest BCUT2D eigenvalue weighted by Gasteiger charge is -2.48. The molecule has 0 radical (unpaired) electrons. The van der Waals surface area contributed by atoms with Crippen LogP contribution in [0.2, 0.25) is 0 Å². The van der Waals surface area contributed by atoms with E-state index >= 15 is 0 Å². The van der Waals surface area contributed by atoms with Crippen LogP contribution in [0.4, 0.5) is 68.2 Å². The predicted octanol–water partition coefficient (Wildman–Crippen LogP) is 16.7. The summed E-state index contributed by atoms with van der Waals surface area (Å²) in [7, 11) is 0. The van der Waals surface area contributed by atoms with E-state index in [0.717, 1.165) is 22.7 Å². The summed E-state index contributed by atoms with van der Waals surface area (Å²) in [5, 5.41) is 10.2. The Balaban J connectivity index is 0.942. The maximum absolute atomic E-state index is 2.68. The van der Waals surface area contributed by atoms with Crippen LogP contribution in [0, 0.1) is 11.8 Å². The highest BCUT2D eigenvalue weighted by atomic mass is 15.2. The maximum atomic E-state index is 2.68. The normalized spacial score (nSPS) is 16.9. The fourth-order valence-corrected chi connectivity index (χ4v) is 17.0. The van der Waals surface area contributed by atoms with Gasteiger partial charge in [-0.15, -0.1) is 0 Å². The topological polar surface area (TPSA) is 13.0 Å². The third kappa shape index (κ3) is 7.61. The lowest BCUT2D eigenvalue weighted by molar-refractivity contribution is 0.590. The van der Waals surface area contributed by atoms with E-state index in [9.17, 15) is 0 Å². The van der Waals surface area contributed by atoms with Gasteiger partial charge in [-0.1, -0.05) is 230 Å². The summed E-state index contributed by atoms with van der Waals surface area (Å²) >= 11 is 0. The number of benzene rings is 12. The summed E-state index contributed by atoms with van der Waals surface area (Å²) in [4.78, 5) is 10.5. The van der Waals surface area contributed by atoms with Gasteiger partial charge in [-0.25, -0.2) is 0 Å². The van der Waals surface area contributed by atoms with E-state index in [1.54, 1.807) is 0 Å². The van der Waals surface area contributed by atoms with Gasteiger partial charge in [0, 0.05) is 80.1 Å². The van der Waals surface area contributed by atoms with Gasteiger partial charge in [0.2, 0.25) is 0 Å². The lowest BCUT2D eigenvalue weighted by atomic mass is 9.30. The number of anilines is 12. The third-order valence-corrected chi connectivity index (χ3v) is 21.2. The monoisotopic (exact) mass is 1180 g/mol. The highest BCUT2D eigenvalue weighted by Crippen LogP contribution is 2.52. The minimum atomic E-state index is -0.215.